The van der Waals surface area contributed by atoms with E-state index in [1.165, 1.54) is 19.1 Å². The third-order valence-electron chi connectivity index (χ3n) is 3.74. The molecule has 1 fully saturated rings. The van der Waals surface area contributed by atoms with E-state index in [9.17, 15) is 18.0 Å². The maximum atomic E-state index is 12.8. The molecule has 0 saturated carbocycles. The summed E-state index contributed by atoms with van der Waals surface area (Å²) in [5.41, 5.74) is -0.393. The number of aryl methyl sites for hydroxylation is 1. The summed E-state index contributed by atoms with van der Waals surface area (Å²) >= 11 is 0. The fourth-order valence-corrected chi connectivity index (χ4v) is 2.58. The minimum atomic E-state index is -4.41. The summed E-state index contributed by atoms with van der Waals surface area (Å²) in [7, 11) is 0. The summed E-state index contributed by atoms with van der Waals surface area (Å²) < 4.78 is 38.5. The largest absolute Gasteiger partial charge is 0.416 e. The minimum Gasteiger partial charge on any atom is -0.324 e. The van der Waals surface area contributed by atoms with E-state index in [2.05, 4.69) is 12.2 Å². The predicted molar refractivity (Wildman–Crippen MR) is 75.2 cm³/mol. The molecule has 3 nitrogen and oxygen atoms in total. The summed E-state index contributed by atoms with van der Waals surface area (Å²) in [6.45, 7) is 4.76. The summed E-state index contributed by atoms with van der Waals surface area (Å²) in [6, 6.07) is 3.52. The number of nitrogens with zero attached hydrogens (tertiary/aromatic N) is 1. The molecule has 1 N–H and O–H groups in total. The maximum absolute atomic E-state index is 12.8. The van der Waals surface area contributed by atoms with Gasteiger partial charge in [0.2, 0.25) is 0 Å². The number of likely N-dealkylation sites (tertiary alicyclic amines) is 1. The van der Waals surface area contributed by atoms with Crippen LogP contribution >= 0.6 is 0 Å². The predicted octanol–water partition coefficient (Wildman–Crippen LogP) is 4.28. The Labute approximate surface area is 122 Å². The van der Waals surface area contributed by atoms with Crippen molar-refractivity contribution < 1.29 is 18.0 Å². The van der Waals surface area contributed by atoms with Crippen molar-refractivity contribution in [2.75, 3.05) is 18.4 Å². The number of hydrogen-bond acceptors (Lipinski definition) is 1. The average Bonchev–Trinajstić information content (AvgIpc) is 2.39. The number of piperidine rings is 1. The Balaban J connectivity index is 2.11. The van der Waals surface area contributed by atoms with E-state index in [1.54, 1.807) is 4.90 Å². The number of carbonyl (C=O) groups is 1. The first kappa shape index (κ1) is 15.7. The van der Waals surface area contributed by atoms with Gasteiger partial charge in [0.05, 0.1) is 5.56 Å². The number of rotatable bonds is 1. The maximum Gasteiger partial charge on any atom is 0.416 e. The van der Waals surface area contributed by atoms with Crippen LogP contribution in [0, 0.1) is 12.8 Å². The van der Waals surface area contributed by atoms with Crippen molar-refractivity contribution in [3.8, 4) is 0 Å². The van der Waals surface area contributed by atoms with Gasteiger partial charge in [-0.1, -0.05) is 13.0 Å². The highest BCUT2D eigenvalue weighted by molar-refractivity contribution is 5.89. The molecule has 0 aliphatic carbocycles. The second kappa shape index (κ2) is 5.95. The topological polar surface area (TPSA) is 32.3 Å². The lowest BCUT2D eigenvalue weighted by Gasteiger charge is -2.31. The van der Waals surface area contributed by atoms with Crippen molar-refractivity contribution >= 4 is 11.7 Å². The first-order valence-corrected chi connectivity index (χ1v) is 7.01. The van der Waals surface area contributed by atoms with E-state index in [1.807, 2.05) is 0 Å². The molecule has 6 heteroatoms. The molecule has 21 heavy (non-hydrogen) atoms. The van der Waals surface area contributed by atoms with Crippen molar-refractivity contribution in [3.05, 3.63) is 29.3 Å². The van der Waals surface area contributed by atoms with Gasteiger partial charge in [-0.2, -0.15) is 13.2 Å². The smallest absolute Gasteiger partial charge is 0.324 e. The van der Waals surface area contributed by atoms with Gasteiger partial charge >= 0.3 is 12.2 Å². The van der Waals surface area contributed by atoms with Crippen LogP contribution < -0.4 is 5.32 Å². The third-order valence-corrected chi connectivity index (χ3v) is 3.74. The van der Waals surface area contributed by atoms with Crippen LogP contribution in [0.3, 0.4) is 0 Å². The van der Waals surface area contributed by atoms with Crippen LogP contribution in [0.4, 0.5) is 23.7 Å². The molecule has 0 radical (unpaired) electrons. The number of carbonyl (C=O) groups excluding carboxylic acids is 1. The van der Waals surface area contributed by atoms with Crippen LogP contribution in [0.2, 0.25) is 0 Å². The highest BCUT2D eigenvalue weighted by Crippen LogP contribution is 2.33. The molecule has 2 rings (SSSR count). The molecule has 1 saturated heterocycles. The second-order valence-corrected chi connectivity index (χ2v) is 5.65. The number of halogens is 3. The van der Waals surface area contributed by atoms with Gasteiger partial charge in [0.15, 0.2) is 0 Å². The monoisotopic (exact) mass is 300 g/mol. The van der Waals surface area contributed by atoms with Crippen LogP contribution in [0.1, 0.15) is 30.9 Å². The number of alkyl halides is 3. The zero-order valence-electron chi connectivity index (χ0n) is 12.1. The van der Waals surface area contributed by atoms with E-state index >= 15 is 0 Å². The summed E-state index contributed by atoms with van der Waals surface area (Å²) in [6.07, 6.45) is -2.41. The zero-order valence-corrected chi connectivity index (χ0v) is 12.1. The molecule has 116 valence electrons. The van der Waals surface area contributed by atoms with E-state index in [-0.39, 0.29) is 17.3 Å². The molecule has 1 aromatic rings. The van der Waals surface area contributed by atoms with Crippen molar-refractivity contribution in [2.24, 2.45) is 5.92 Å². The highest BCUT2D eigenvalue weighted by Gasteiger charge is 2.32. The molecule has 1 aliphatic rings. The molecule has 0 bridgehead atoms. The van der Waals surface area contributed by atoms with Gasteiger partial charge in [0, 0.05) is 18.8 Å². The van der Waals surface area contributed by atoms with E-state index in [0.717, 1.165) is 18.9 Å². The van der Waals surface area contributed by atoms with E-state index in [0.29, 0.717) is 19.0 Å². The Morgan fingerprint density at radius 3 is 2.71 bits per heavy atom. The number of benzene rings is 1. The molecule has 2 amide bonds. The lowest BCUT2D eigenvalue weighted by molar-refractivity contribution is -0.138. The Morgan fingerprint density at radius 1 is 1.38 bits per heavy atom. The van der Waals surface area contributed by atoms with Crippen LogP contribution in [0.25, 0.3) is 0 Å². The van der Waals surface area contributed by atoms with Crippen LogP contribution in [-0.2, 0) is 6.18 Å². The highest BCUT2D eigenvalue weighted by atomic mass is 19.4. The Kier molecular flexibility index (Phi) is 4.44. The first-order chi connectivity index (χ1) is 9.77. The molecule has 0 spiro atoms. The van der Waals surface area contributed by atoms with Gasteiger partial charge in [-0.15, -0.1) is 0 Å². The Bertz CT molecular complexity index is 528. The molecule has 1 atom stereocenters. The minimum absolute atomic E-state index is 0.145. The van der Waals surface area contributed by atoms with Crippen molar-refractivity contribution in [1.29, 1.82) is 0 Å². The molecule has 1 aliphatic heterocycles. The molecule has 1 aromatic carbocycles. The summed E-state index contributed by atoms with van der Waals surface area (Å²) in [5.74, 6) is 0.424. The lowest BCUT2D eigenvalue weighted by atomic mass is 10.0. The fraction of sp³-hybridized carbons (Fsp3) is 0.533. The molecular weight excluding hydrogens is 281 g/mol. The molecule has 1 heterocycles. The van der Waals surface area contributed by atoms with Gasteiger partial charge in [-0.05, 0) is 43.4 Å². The van der Waals surface area contributed by atoms with Gasteiger partial charge in [-0.3, -0.25) is 0 Å². The molecule has 1 unspecified atom stereocenters. The number of nitrogens with one attached hydrogen (secondary N) is 1. The third kappa shape index (κ3) is 3.89. The van der Waals surface area contributed by atoms with Crippen LogP contribution in [0.5, 0.6) is 0 Å². The van der Waals surface area contributed by atoms with Crippen molar-refractivity contribution in [2.45, 2.75) is 32.9 Å². The van der Waals surface area contributed by atoms with Gasteiger partial charge in [-0.25, -0.2) is 4.79 Å². The van der Waals surface area contributed by atoms with E-state index < -0.39 is 11.7 Å². The SMILES string of the molecule is Cc1ccc(NC(=O)N2CCCC(C)C2)cc1C(F)(F)F. The van der Waals surface area contributed by atoms with Crippen molar-refractivity contribution in [1.82, 2.24) is 4.90 Å². The first-order valence-electron chi connectivity index (χ1n) is 7.01. The summed E-state index contributed by atoms with van der Waals surface area (Å²) in [4.78, 5) is 13.7. The number of hydrogen-bond donors (Lipinski definition) is 1. The van der Waals surface area contributed by atoms with Crippen molar-refractivity contribution in [3.63, 3.8) is 0 Å². The second-order valence-electron chi connectivity index (χ2n) is 5.65. The van der Waals surface area contributed by atoms with Crippen LogP contribution in [0.15, 0.2) is 18.2 Å². The standard InChI is InChI=1S/C15H19F3N2O/c1-10-4-3-7-20(9-10)14(21)19-12-6-5-11(2)13(8-12)15(16,17)18/h5-6,8,10H,3-4,7,9H2,1-2H3,(H,19,21). The quantitative estimate of drug-likeness (QED) is 0.825. The summed E-state index contributed by atoms with van der Waals surface area (Å²) in [5, 5.41) is 2.56. The lowest BCUT2D eigenvalue weighted by Crippen LogP contribution is -2.41. The van der Waals surface area contributed by atoms with Gasteiger partial charge in [0.25, 0.3) is 0 Å². The normalized spacial score (nSPS) is 19.5. The number of urea groups is 1. The number of amides is 2. The molecular formula is C15H19F3N2O. The average molecular weight is 300 g/mol. The van der Waals surface area contributed by atoms with Gasteiger partial charge < -0.3 is 10.2 Å². The zero-order chi connectivity index (χ0) is 15.6. The van der Waals surface area contributed by atoms with Crippen LogP contribution in [-0.4, -0.2) is 24.0 Å². The fourth-order valence-electron chi connectivity index (χ4n) is 2.58. The Morgan fingerprint density at radius 2 is 2.10 bits per heavy atom. The van der Waals surface area contributed by atoms with E-state index in [4.69, 9.17) is 0 Å². The molecule has 0 aromatic heterocycles. The van der Waals surface area contributed by atoms with Gasteiger partial charge in [0.1, 0.15) is 0 Å². The Hall–Kier alpha value is -1.72. The number of anilines is 1.